The van der Waals surface area contributed by atoms with E-state index in [0.717, 1.165) is 5.56 Å². The third-order valence-electron chi connectivity index (χ3n) is 2.88. The van der Waals surface area contributed by atoms with E-state index >= 15 is 0 Å². The van der Waals surface area contributed by atoms with Crippen LogP contribution in [0.3, 0.4) is 0 Å². The van der Waals surface area contributed by atoms with Crippen LogP contribution in [0.2, 0.25) is 0 Å². The van der Waals surface area contributed by atoms with Crippen LogP contribution < -0.4 is 5.32 Å². The lowest BCUT2D eigenvalue weighted by molar-refractivity contribution is 0.511. The lowest BCUT2D eigenvalue weighted by Gasteiger charge is -2.17. The fourth-order valence-electron chi connectivity index (χ4n) is 1.84. The van der Waals surface area contributed by atoms with Crippen molar-refractivity contribution in [2.24, 2.45) is 0 Å². The first-order valence-electron chi connectivity index (χ1n) is 5.68. The van der Waals surface area contributed by atoms with Crippen molar-refractivity contribution in [1.29, 1.82) is 0 Å². The molecule has 2 aromatic rings. The molecule has 0 radical (unpaired) electrons. The Morgan fingerprint density at radius 2 is 1.95 bits per heavy atom. The van der Waals surface area contributed by atoms with Crippen LogP contribution in [0.15, 0.2) is 35.3 Å². The second-order valence-corrected chi connectivity index (χ2v) is 4.89. The molecular weight excluding hydrogens is 316 g/mol. The van der Waals surface area contributed by atoms with Crippen molar-refractivity contribution < 1.29 is 8.78 Å². The number of hydrogen-bond acceptors (Lipinski definition) is 3. The average Bonchev–Trinajstić information content (AvgIpc) is 2.44. The predicted molar refractivity (Wildman–Crippen MR) is 71.6 cm³/mol. The van der Waals surface area contributed by atoms with Gasteiger partial charge < -0.3 is 5.32 Å². The van der Waals surface area contributed by atoms with Crippen LogP contribution in [-0.4, -0.2) is 17.0 Å². The van der Waals surface area contributed by atoms with Gasteiger partial charge in [-0.25, -0.2) is 18.7 Å². The van der Waals surface area contributed by atoms with Crippen LogP contribution in [0.25, 0.3) is 0 Å². The summed E-state index contributed by atoms with van der Waals surface area (Å²) in [6.45, 7) is 0. The molecule has 0 saturated carbocycles. The van der Waals surface area contributed by atoms with Crippen LogP contribution in [0.5, 0.6) is 0 Å². The van der Waals surface area contributed by atoms with Crippen molar-refractivity contribution in [3.05, 3.63) is 58.1 Å². The number of nitrogens with one attached hydrogen (secondary N) is 1. The van der Waals surface area contributed by atoms with Crippen molar-refractivity contribution in [3.63, 3.8) is 0 Å². The molecule has 0 amide bonds. The van der Waals surface area contributed by atoms with Gasteiger partial charge in [0.1, 0.15) is 18.0 Å². The van der Waals surface area contributed by atoms with Crippen molar-refractivity contribution in [2.75, 3.05) is 7.05 Å². The fraction of sp³-hybridized carbons (Fsp3) is 0.231. The molecule has 1 aromatic carbocycles. The molecule has 0 saturated heterocycles. The number of rotatable bonds is 4. The minimum absolute atomic E-state index is 0.0394. The molecule has 0 aliphatic carbocycles. The van der Waals surface area contributed by atoms with Crippen LogP contribution in [0, 0.1) is 11.6 Å². The van der Waals surface area contributed by atoms with Gasteiger partial charge in [-0.3, -0.25) is 0 Å². The number of likely N-dealkylation sites (N-methyl/N-ethyl adjacent to an activating group) is 1. The first-order chi connectivity index (χ1) is 9.13. The van der Waals surface area contributed by atoms with E-state index in [1.54, 1.807) is 19.4 Å². The third-order valence-corrected chi connectivity index (χ3v) is 3.49. The van der Waals surface area contributed by atoms with E-state index < -0.39 is 11.6 Å². The molecule has 3 nitrogen and oxygen atoms in total. The Hall–Kier alpha value is -1.40. The highest BCUT2D eigenvalue weighted by Crippen LogP contribution is 2.26. The summed E-state index contributed by atoms with van der Waals surface area (Å²) in [5.74, 6) is -1.13. The zero-order chi connectivity index (χ0) is 13.8. The Labute approximate surface area is 118 Å². The molecule has 1 heterocycles. The van der Waals surface area contributed by atoms with E-state index in [-0.39, 0.29) is 22.5 Å². The molecule has 1 aromatic heterocycles. The molecule has 19 heavy (non-hydrogen) atoms. The minimum Gasteiger partial charge on any atom is -0.313 e. The summed E-state index contributed by atoms with van der Waals surface area (Å²) in [7, 11) is 1.73. The minimum atomic E-state index is -0.572. The summed E-state index contributed by atoms with van der Waals surface area (Å²) in [5, 5.41) is 3.01. The number of benzene rings is 1. The maximum absolute atomic E-state index is 13.9. The Bertz CT molecular complexity index is 563. The summed E-state index contributed by atoms with van der Waals surface area (Å²) in [6.07, 6.45) is 4.85. The summed E-state index contributed by atoms with van der Waals surface area (Å²) < 4.78 is 27.9. The van der Waals surface area contributed by atoms with Gasteiger partial charge in [0.2, 0.25) is 0 Å². The average molecular weight is 328 g/mol. The van der Waals surface area contributed by atoms with Crippen molar-refractivity contribution in [1.82, 2.24) is 15.3 Å². The van der Waals surface area contributed by atoms with Gasteiger partial charge in [-0.1, -0.05) is 0 Å². The first kappa shape index (κ1) is 14.0. The largest absolute Gasteiger partial charge is 0.313 e. The second kappa shape index (κ2) is 6.16. The Balaban J connectivity index is 2.32. The van der Waals surface area contributed by atoms with Crippen LogP contribution in [0.1, 0.15) is 17.2 Å². The van der Waals surface area contributed by atoms with Crippen molar-refractivity contribution in [2.45, 2.75) is 12.5 Å². The van der Waals surface area contributed by atoms with Gasteiger partial charge >= 0.3 is 0 Å². The zero-order valence-corrected chi connectivity index (χ0v) is 11.8. The SMILES string of the molecule is CNC(Cc1c(F)ccc(Br)c1F)c1cncnc1. The summed E-state index contributed by atoms with van der Waals surface area (Å²) >= 11 is 3.06. The number of hydrogen-bond donors (Lipinski definition) is 1. The van der Waals surface area contributed by atoms with Gasteiger partial charge in [-0.15, -0.1) is 0 Å². The normalized spacial score (nSPS) is 12.4. The molecule has 0 aliphatic heterocycles. The molecule has 1 N–H and O–H groups in total. The van der Waals surface area contributed by atoms with Crippen LogP contribution >= 0.6 is 15.9 Å². The summed E-state index contributed by atoms with van der Waals surface area (Å²) in [4.78, 5) is 7.82. The van der Waals surface area contributed by atoms with Gasteiger partial charge in [0.25, 0.3) is 0 Å². The Morgan fingerprint density at radius 1 is 1.26 bits per heavy atom. The second-order valence-electron chi connectivity index (χ2n) is 4.04. The molecule has 1 unspecified atom stereocenters. The van der Waals surface area contributed by atoms with Gasteiger partial charge in [-0.2, -0.15) is 0 Å². The van der Waals surface area contributed by atoms with E-state index in [4.69, 9.17) is 0 Å². The predicted octanol–water partition coefficient (Wildman–Crippen LogP) is 3.02. The molecule has 0 bridgehead atoms. The maximum Gasteiger partial charge on any atom is 0.143 e. The molecule has 100 valence electrons. The fourth-order valence-corrected chi connectivity index (χ4v) is 2.21. The molecule has 6 heteroatoms. The molecule has 2 rings (SSSR count). The van der Waals surface area contributed by atoms with Gasteiger partial charge in [0, 0.05) is 29.6 Å². The number of halogens is 3. The molecule has 0 spiro atoms. The van der Waals surface area contributed by atoms with E-state index in [9.17, 15) is 8.78 Å². The van der Waals surface area contributed by atoms with Gasteiger partial charge in [0.05, 0.1) is 4.47 Å². The Kier molecular flexibility index (Phi) is 4.55. The van der Waals surface area contributed by atoms with E-state index in [1.165, 1.54) is 18.5 Å². The summed E-state index contributed by atoms with van der Waals surface area (Å²) in [6, 6.07) is 2.35. The Morgan fingerprint density at radius 3 is 2.58 bits per heavy atom. The lowest BCUT2D eigenvalue weighted by Crippen LogP contribution is -2.20. The smallest absolute Gasteiger partial charge is 0.143 e. The van der Waals surface area contributed by atoms with E-state index in [2.05, 4.69) is 31.2 Å². The highest BCUT2D eigenvalue weighted by atomic mass is 79.9. The highest BCUT2D eigenvalue weighted by molar-refractivity contribution is 9.10. The van der Waals surface area contributed by atoms with Crippen molar-refractivity contribution >= 4 is 15.9 Å². The molecule has 0 fully saturated rings. The number of nitrogens with zero attached hydrogens (tertiary/aromatic N) is 2. The first-order valence-corrected chi connectivity index (χ1v) is 6.47. The lowest BCUT2D eigenvalue weighted by atomic mass is 10.0. The van der Waals surface area contributed by atoms with Gasteiger partial charge in [0.15, 0.2) is 0 Å². The zero-order valence-electron chi connectivity index (χ0n) is 10.2. The number of aromatic nitrogens is 2. The third kappa shape index (κ3) is 3.13. The maximum atomic E-state index is 13.9. The quantitative estimate of drug-likeness (QED) is 0.877. The van der Waals surface area contributed by atoms with E-state index in [0.29, 0.717) is 0 Å². The standard InChI is InChI=1S/C13H12BrF2N3/c1-17-12(8-5-18-7-19-6-8)4-9-11(15)3-2-10(14)13(9)16/h2-3,5-7,12,17H,4H2,1H3. The monoisotopic (exact) mass is 327 g/mol. The molecule has 1 atom stereocenters. The van der Waals surface area contributed by atoms with Crippen molar-refractivity contribution in [3.8, 4) is 0 Å². The molecule has 0 aliphatic rings. The highest BCUT2D eigenvalue weighted by Gasteiger charge is 2.18. The molecular formula is C13H12BrF2N3. The van der Waals surface area contributed by atoms with Crippen LogP contribution in [0.4, 0.5) is 8.78 Å². The summed E-state index contributed by atoms with van der Waals surface area (Å²) in [5.41, 5.74) is 0.821. The topological polar surface area (TPSA) is 37.8 Å². The van der Waals surface area contributed by atoms with Crippen LogP contribution in [-0.2, 0) is 6.42 Å². The van der Waals surface area contributed by atoms with Gasteiger partial charge in [-0.05, 0) is 41.5 Å². The van der Waals surface area contributed by atoms with E-state index in [1.807, 2.05) is 0 Å².